The average molecular weight is 385 g/mol. The molecule has 0 spiro atoms. The first-order chi connectivity index (χ1) is 12.8. The molecule has 0 atom stereocenters. The Morgan fingerprint density at radius 3 is 3.04 bits per heavy atom. The van der Waals surface area contributed by atoms with Crippen LogP contribution in [-0.4, -0.2) is 24.7 Å². The molecule has 3 aromatic rings. The van der Waals surface area contributed by atoms with Gasteiger partial charge in [-0.3, -0.25) is 0 Å². The van der Waals surface area contributed by atoms with Gasteiger partial charge in [0.15, 0.2) is 5.06 Å². The van der Waals surface area contributed by atoms with Gasteiger partial charge in [-0.1, -0.05) is 23.9 Å². The fourth-order valence-corrected chi connectivity index (χ4v) is 4.71. The van der Waals surface area contributed by atoms with Crippen LogP contribution in [0.3, 0.4) is 0 Å². The number of hydrogen-bond donors (Lipinski definition) is 0. The van der Waals surface area contributed by atoms with Gasteiger partial charge >= 0.3 is 0 Å². The maximum atomic E-state index is 5.68. The van der Waals surface area contributed by atoms with Crippen LogP contribution in [0.2, 0.25) is 0 Å². The molecule has 4 rings (SSSR count). The fourth-order valence-electron chi connectivity index (χ4n) is 2.90. The van der Waals surface area contributed by atoms with Crippen molar-refractivity contribution < 1.29 is 9.15 Å². The molecule has 6 heteroatoms. The summed E-state index contributed by atoms with van der Waals surface area (Å²) in [6.45, 7) is 4.55. The van der Waals surface area contributed by atoms with Crippen LogP contribution >= 0.6 is 23.1 Å². The molecule has 0 saturated heterocycles. The van der Waals surface area contributed by atoms with Gasteiger partial charge in [0.05, 0.1) is 18.4 Å². The van der Waals surface area contributed by atoms with Gasteiger partial charge < -0.3 is 14.1 Å². The second-order valence-corrected chi connectivity index (χ2v) is 7.88. The van der Waals surface area contributed by atoms with Gasteiger partial charge in [0.25, 0.3) is 0 Å². The Hall–Kier alpha value is -2.18. The Balaban J connectivity index is 1.64. The number of furan rings is 1. The Bertz CT molecular complexity index is 887. The predicted molar refractivity (Wildman–Crippen MR) is 108 cm³/mol. The minimum Gasteiger partial charge on any atom is -0.484 e. The van der Waals surface area contributed by atoms with Crippen molar-refractivity contribution in [3.8, 4) is 16.4 Å². The van der Waals surface area contributed by atoms with E-state index in [0.717, 1.165) is 46.6 Å². The van der Waals surface area contributed by atoms with Crippen molar-refractivity contribution in [3.63, 3.8) is 0 Å². The predicted octanol–water partition coefficient (Wildman–Crippen LogP) is 5.72. The molecule has 4 heterocycles. The molecule has 0 unspecified atom stereocenters. The van der Waals surface area contributed by atoms with E-state index >= 15 is 0 Å². The van der Waals surface area contributed by atoms with Gasteiger partial charge in [-0.05, 0) is 31.5 Å². The minimum absolute atomic E-state index is 0.688. The first-order valence-electron chi connectivity index (χ1n) is 8.66. The van der Waals surface area contributed by atoms with E-state index in [0.29, 0.717) is 6.61 Å². The maximum Gasteiger partial charge on any atom is 0.174 e. The Labute approximate surface area is 161 Å². The summed E-state index contributed by atoms with van der Waals surface area (Å²) in [4.78, 5) is 9.33. The van der Waals surface area contributed by atoms with Crippen LogP contribution in [0.25, 0.3) is 11.3 Å². The summed E-state index contributed by atoms with van der Waals surface area (Å²) in [7, 11) is 0. The van der Waals surface area contributed by atoms with Crippen molar-refractivity contribution in [3.05, 3.63) is 54.3 Å². The van der Waals surface area contributed by atoms with Crippen LogP contribution in [0.1, 0.15) is 13.3 Å². The number of hydrogen-bond acceptors (Lipinski definition) is 6. The van der Waals surface area contributed by atoms with E-state index in [1.165, 1.54) is 4.90 Å². The average Bonchev–Trinajstić information content (AvgIpc) is 3.35. The molecule has 0 aliphatic carbocycles. The molecule has 3 aromatic heterocycles. The molecule has 1 aliphatic heterocycles. The summed E-state index contributed by atoms with van der Waals surface area (Å²) in [6.07, 6.45) is 9.12. The minimum atomic E-state index is 0.688. The lowest BCUT2D eigenvalue weighted by Gasteiger charge is -2.26. The van der Waals surface area contributed by atoms with E-state index in [2.05, 4.69) is 34.6 Å². The summed E-state index contributed by atoms with van der Waals surface area (Å²) in [5.74, 6) is 1.83. The van der Waals surface area contributed by atoms with Crippen LogP contribution in [0.15, 0.2) is 68.5 Å². The number of anilines is 1. The molecule has 0 radical (unpaired) electrons. The summed E-state index contributed by atoms with van der Waals surface area (Å²) in [5.41, 5.74) is 1.04. The van der Waals surface area contributed by atoms with Crippen molar-refractivity contribution in [1.82, 2.24) is 4.98 Å². The molecule has 0 N–H and O–H groups in total. The van der Waals surface area contributed by atoms with Crippen LogP contribution in [0, 0.1) is 0 Å². The number of rotatable bonds is 6. The fraction of sp³-hybridized carbons (Fsp3) is 0.250. The van der Waals surface area contributed by atoms with E-state index in [1.54, 1.807) is 29.4 Å². The molecular weight excluding hydrogens is 364 g/mol. The van der Waals surface area contributed by atoms with Crippen molar-refractivity contribution >= 4 is 28.9 Å². The molecule has 134 valence electrons. The van der Waals surface area contributed by atoms with Crippen LogP contribution < -0.4 is 9.64 Å². The number of pyridine rings is 1. The van der Waals surface area contributed by atoms with Crippen molar-refractivity contribution in [2.24, 2.45) is 0 Å². The zero-order chi connectivity index (χ0) is 17.8. The van der Waals surface area contributed by atoms with Gasteiger partial charge in [-0.15, -0.1) is 11.3 Å². The standard InChI is InChI=1S/C20H20N2O2S2/c1-2-23-19-12-16(14-25-19)26-15-11-17(18-7-6-10-24-18)20(21-13-15)22-8-4-3-5-9-22/h3-4,6-7,10-14H,2,5,8-9H2,1H3. The van der Waals surface area contributed by atoms with E-state index in [1.807, 2.05) is 25.3 Å². The zero-order valence-corrected chi connectivity index (χ0v) is 16.2. The number of thiophene rings is 1. The Morgan fingerprint density at radius 1 is 1.31 bits per heavy atom. The number of nitrogens with zero attached hydrogens (tertiary/aromatic N) is 2. The van der Waals surface area contributed by atoms with Gasteiger partial charge in [0.1, 0.15) is 11.6 Å². The summed E-state index contributed by atoms with van der Waals surface area (Å²) in [5, 5.41) is 3.07. The molecule has 0 aromatic carbocycles. The SMILES string of the molecule is CCOc1cc(Sc2cnc(N3CC=CCC3)c(-c3ccco3)c2)cs1. The van der Waals surface area contributed by atoms with Gasteiger partial charge in [-0.2, -0.15) is 0 Å². The van der Waals surface area contributed by atoms with Crippen LogP contribution in [0.5, 0.6) is 5.06 Å². The van der Waals surface area contributed by atoms with E-state index in [4.69, 9.17) is 14.1 Å². The highest BCUT2D eigenvalue weighted by Gasteiger charge is 2.18. The van der Waals surface area contributed by atoms with Crippen molar-refractivity contribution in [2.75, 3.05) is 24.6 Å². The molecular formula is C20H20N2O2S2. The van der Waals surface area contributed by atoms with Crippen molar-refractivity contribution in [1.29, 1.82) is 0 Å². The topological polar surface area (TPSA) is 38.5 Å². The number of ether oxygens (including phenoxy) is 1. The second-order valence-electron chi connectivity index (χ2n) is 5.86. The molecule has 0 fully saturated rings. The normalized spacial score (nSPS) is 14.0. The highest BCUT2D eigenvalue weighted by atomic mass is 32.2. The second kappa shape index (κ2) is 8.01. The third-order valence-electron chi connectivity index (χ3n) is 4.06. The van der Waals surface area contributed by atoms with Gasteiger partial charge in [-0.25, -0.2) is 4.98 Å². The highest BCUT2D eigenvalue weighted by Crippen LogP contribution is 2.38. The summed E-state index contributed by atoms with van der Waals surface area (Å²) in [6, 6.07) is 8.16. The van der Waals surface area contributed by atoms with E-state index in [-0.39, 0.29) is 0 Å². The van der Waals surface area contributed by atoms with Crippen LogP contribution in [0.4, 0.5) is 5.82 Å². The summed E-state index contributed by atoms with van der Waals surface area (Å²) >= 11 is 3.32. The smallest absolute Gasteiger partial charge is 0.174 e. The zero-order valence-electron chi connectivity index (χ0n) is 14.6. The maximum absolute atomic E-state index is 5.68. The molecule has 1 aliphatic rings. The lowest BCUT2D eigenvalue weighted by Crippen LogP contribution is -2.28. The largest absolute Gasteiger partial charge is 0.484 e. The quantitative estimate of drug-likeness (QED) is 0.508. The molecule has 0 saturated carbocycles. The monoisotopic (exact) mass is 384 g/mol. The summed E-state index contributed by atoms with van der Waals surface area (Å²) < 4.78 is 11.2. The Kier molecular flexibility index (Phi) is 5.32. The Morgan fingerprint density at radius 2 is 2.27 bits per heavy atom. The molecule has 0 bridgehead atoms. The third-order valence-corrected chi connectivity index (χ3v) is 5.98. The third kappa shape index (κ3) is 3.81. The molecule has 0 amide bonds. The van der Waals surface area contributed by atoms with E-state index in [9.17, 15) is 0 Å². The highest BCUT2D eigenvalue weighted by molar-refractivity contribution is 7.99. The van der Waals surface area contributed by atoms with Crippen molar-refractivity contribution in [2.45, 2.75) is 23.1 Å². The lowest BCUT2D eigenvalue weighted by molar-refractivity contribution is 0.350. The number of aromatic nitrogens is 1. The molecule has 26 heavy (non-hydrogen) atoms. The van der Waals surface area contributed by atoms with Gasteiger partial charge in [0.2, 0.25) is 0 Å². The van der Waals surface area contributed by atoms with E-state index < -0.39 is 0 Å². The van der Waals surface area contributed by atoms with Gasteiger partial charge in [0, 0.05) is 40.5 Å². The lowest BCUT2D eigenvalue weighted by atomic mass is 10.1. The first kappa shape index (κ1) is 17.2. The van der Waals surface area contributed by atoms with Crippen LogP contribution in [-0.2, 0) is 0 Å². The first-order valence-corrected chi connectivity index (χ1v) is 10.4. The molecule has 4 nitrogen and oxygen atoms in total.